The zero-order valence-electron chi connectivity index (χ0n) is 11.1. The number of hydrogen-bond acceptors (Lipinski definition) is 4. The summed E-state index contributed by atoms with van der Waals surface area (Å²) in [7, 11) is 1.46. The van der Waals surface area contributed by atoms with Crippen molar-refractivity contribution in [2.75, 3.05) is 13.7 Å². The van der Waals surface area contributed by atoms with Crippen molar-refractivity contribution in [1.82, 2.24) is 4.90 Å². The number of amides is 1. The van der Waals surface area contributed by atoms with Crippen molar-refractivity contribution in [1.29, 1.82) is 0 Å². The van der Waals surface area contributed by atoms with E-state index < -0.39 is 29.5 Å². The molecule has 0 aromatic heterocycles. The molecule has 1 aromatic carbocycles. The Bertz CT molecular complexity index is 579. The average Bonchev–Trinajstić information content (AvgIpc) is 2.64. The largest absolute Gasteiger partial charge is 0.503 e. The number of likely N-dealkylation sites (N-methyl/N-ethyl adjacent to an activating group) is 1. The Hall–Kier alpha value is -2.37. The highest BCUT2D eigenvalue weighted by Gasteiger charge is 2.42. The molecule has 1 aromatic rings. The minimum absolute atomic E-state index is 0.119. The Balaban J connectivity index is 2.46. The van der Waals surface area contributed by atoms with E-state index in [0.717, 1.165) is 0 Å². The third-order valence-electron chi connectivity index (χ3n) is 3.12. The van der Waals surface area contributed by atoms with E-state index in [0.29, 0.717) is 5.56 Å². The van der Waals surface area contributed by atoms with Crippen LogP contribution in [-0.4, -0.2) is 35.5 Å². The van der Waals surface area contributed by atoms with Crippen molar-refractivity contribution in [3.63, 3.8) is 0 Å². The van der Waals surface area contributed by atoms with E-state index in [-0.39, 0.29) is 12.2 Å². The molecular formula is C14H14FNO4. The lowest BCUT2D eigenvalue weighted by atomic mass is 9.99. The van der Waals surface area contributed by atoms with E-state index >= 15 is 0 Å². The summed E-state index contributed by atoms with van der Waals surface area (Å²) in [4.78, 5) is 24.9. The van der Waals surface area contributed by atoms with Crippen LogP contribution >= 0.6 is 0 Å². The first-order valence-electron chi connectivity index (χ1n) is 6.10. The van der Waals surface area contributed by atoms with Crippen LogP contribution in [0, 0.1) is 5.82 Å². The standard InChI is InChI=1S/C14H14FNO4/c1-3-20-14(19)10-11(16(2)13(18)12(10)17)8-4-6-9(15)7-5-8/h4-7,11,17H,3H2,1-2H3/t11-/m1/s1. The molecule has 20 heavy (non-hydrogen) atoms. The number of halogens is 1. The van der Waals surface area contributed by atoms with Crippen LogP contribution in [-0.2, 0) is 14.3 Å². The van der Waals surface area contributed by atoms with Gasteiger partial charge in [-0.05, 0) is 24.6 Å². The molecule has 6 heteroatoms. The van der Waals surface area contributed by atoms with Gasteiger partial charge in [0.15, 0.2) is 5.76 Å². The number of ether oxygens (including phenoxy) is 1. The third-order valence-corrected chi connectivity index (χ3v) is 3.12. The van der Waals surface area contributed by atoms with Gasteiger partial charge >= 0.3 is 5.97 Å². The summed E-state index contributed by atoms with van der Waals surface area (Å²) in [6.07, 6.45) is 0. The number of nitrogens with zero attached hydrogens (tertiary/aromatic N) is 1. The third kappa shape index (κ3) is 2.24. The molecule has 0 aliphatic carbocycles. The summed E-state index contributed by atoms with van der Waals surface area (Å²) in [5, 5.41) is 9.82. The molecule has 0 saturated heterocycles. The van der Waals surface area contributed by atoms with Gasteiger partial charge in [0.05, 0.1) is 12.6 Å². The number of hydrogen-bond donors (Lipinski definition) is 1. The van der Waals surface area contributed by atoms with Crippen LogP contribution in [0.1, 0.15) is 18.5 Å². The second-order valence-electron chi connectivity index (χ2n) is 4.35. The summed E-state index contributed by atoms with van der Waals surface area (Å²) in [6.45, 7) is 1.76. The Morgan fingerprint density at radius 2 is 2.00 bits per heavy atom. The van der Waals surface area contributed by atoms with Crippen LogP contribution in [0.25, 0.3) is 0 Å². The average molecular weight is 279 g/mol. The summed E-state index contributed by atoms with van der Waals surface area (Å²) in [5.74, 6) is -2.47. The molecule has 0 fully saturated rings. The first-order valence-corrected chi connectivity index (χ1v) is 6.10. The van der Waals surface area contributed by atoms with E-state index in [9.17, 15) is 19.1 Å². The molecule has 0 unspecified atom stereocenters. The van der Waals surface area contributed by atoms with E-state index in [1.807, 2.05) is 0 Å². The lowest BCUT2D eigenvalue weighted by molar-refractivity contribution is -0.139. The number of aliphatic hydroxyl groups excluding tert-OH is 1. The van der Waals surface area contributed by atoms with E-state index in [2.05, 4.69) is 0 Å². The topological polar surface area (TPSA) is 66.8 Å². The quantitative estimate of drug-likeness (QED) is 0.855. The first kappa shape index (κ1) is 14.0. The highest BCUT2D eigenvalue weighted by molar-refractivity contribution is 6.06. The van der Waals surface area contributed by atoms with Gasteiger partial charge < -0.3 is 14.7 Å². The van der Waals surface area contributed by atoms with Crippen molar-refractivity contribution in [3.05, 3.63) is 47.0 Å². The highest BCUT2D eigenvalue weighted by atomic mass is 19.1. The molecule has 0 saturated carbocycles. The van der Waals surface area contributed by atoms with Crippen LogP contribution in [0.3, 0.4) is 0 Å². The van der Waals surface area contributed by atoms with Gasteiger partial charge in [0.1, 0.15) is 11.4 Å². The van der Waals surface area contributed by atoms with Crippen molar-refractivity contribution in [2.24, 2.45) is 0 Å². The number of aliphatic hydroxyl groups is 1. The van der Waals surface area contributed by atoms with Crippen LogP contribution in [0.5, 0.6) is 0 Å². The van der Waals surface area contributed by atoms with E-state index in [4.69, 9.17) is 4.74 Å². The lowest BCUT2D eigenvalue weighted by Crippen LogP contribution is -2.27. The van der Waals surface area contributed by atoms with E-state index in [1.165, 1.54) is 36.2 Å². The van der Waals surface area contributed by atoms with Crippen LogP contribution in [0.15, 0.2) is 35.6 Å². The van der Waals surface area contributed by atoms with Crippen LogP contribution < -0.4 is 0 Å². The molecule has 1 atom stereocenters. The van der Waals surface area contributed by atoms with Gasteiger partial charge in [-0.25, -0.2) is 9.18 Å². The molecule has 106 valence electrons. The zero-order chi connectivity index (χ0) is 14.9. The van der Waals surface area contributed by atoms with Crippen molar-refractivity contribution in [2.45, 2.75) is 13.0 Å². The van der Waals surface area contributed by atoms with E-state index in [1.54, 1.807) is 6.92 Å². The van der Waals surface area contributed by atoms with Crippen LogP contribution in [0.2, 0.25) is 0 Å². The fourth-order valence-electron chi connectivity index (χ4n) is 2.18. The number of benzene rings is 1. The molecule has 2 rings (SSSR count). The maximum absolute atomic E-state index is 13.0. The fraction of sp³-hybridized carbons (Fsp3) is 0.286. The predicted molar refractivity (Wildman–Crippen MR) is 68.2 cm³/mol. The van der Waals surface area contributed by atoms with Gasteiger partial charge in [0.2, 0.25) is 0 Å². The molecular weight excluding hydrogens is 265 g/mol. The normalized spacial score (nSPS) is 18.6. The van der Waals surface area contributed by atoms with Gasteiger partial charge in [-0.3, -0.25) is 4.79 Å². The molecule has 0 spiro atoms. The number of carbonyl (C=O) groups excluding carboxylic acids is 2. The second-order valence-corrected chi connectivity index (χ2v) is 4.35. The van der Waals surface area contributed by atoms with Gasteiger partial charge in [-0.15, -0.1) is 0 Å². The molecule has 0 bridgehead atoms. The molecule has 0 radical (unpaired) electrons. The predicted octanol–water partition coefficient (Wildman–Crippen LogP) is 1.71. The minimum Gasteiger partial charge on any atom is -0.503 e. The smallest absolute Gasteiger partial charge is 0.340 e. The Labute approximate surface area is 115 Å². The van der Waals surface area contributed by atoms with Crippen molar-refractivity contribution >= 4 is 11.9 Å². The number of esters is 1. The SMILES string of the molecule is CCOC(=O)C1=C(O)C(=O)N(C)[C@@H]1c1ccc(F)cc1. The summed E-state index contributed by atoms with van der Waals surface area (Å²) in [5.41, 5.74) is 0.403. The molecule has 1 aliphatic heterocycles. The summed E-state index contributed by atoms with van der Waals surface area (Å²) >= 11 is 0. The molecule has 1 heterocycles. The zero-order valence-corrected chi connectivity index (χ0v) is 11.1. The minimum atomic E-state index is -0.776. The number of rotatable bonds is 3. The van der Waals surface area contributed by atoms with Crippen molar-refractivity contribution < 1.29 is 23.8 Å². The Morgan fingerprint density at radius 1 is 1.40 bits per heavy atom. The van der Waals surface area contributed by atoms with Crippen LogP contribution in [0.4, 0.5) is 4.39 Å². The first-order chi connectivity index (χ1) is 9.47. The lowest BCUT2D eigenvalue weighted by Gasteiger charge is -2.22. The maximum atomic E-state index is 13.0. The maximum Gasteiger partial charge on any atom is 0.340 e. The Kier molecular flexibility index (Phi) is 3.74. The van der Waals surface area contributed by atoms with Crippen molar-refractivity contribution in [3.8, 4) is 0 Å². The summed E-state index contributed by atoms with van der Waals surface area (Å²) in [6, 6.07) is 4.60. The molecule has 1 amide bonds. The second kappa shape index (κ2) is 5.32. The fourth-order valence-corrected chi connectivity index (χ4v) is 2.18. The number of carbonyl (C=O) groups is 2. The summed E-state index contributed by atoms with van der Waals surface area (Å²) < 4.78 is 17.8. The molecule has 1 aliphatic rings. The Morgan fingerprint density at radius 3 is 2.55 bits per heavy atom. The molecule has 5 nitrogen and oxygen atoms in total. The van der Waals surface area contributed by atoms with Gasteiger partial charge in [0, 0.05) is 7.05 Å². The van der Waals surface area contributed by atoms with Gasteiger partial charge in [-0.1, -0.05) is 12.1 Å². The highest BCUT2D eigenvalue weighted by Crippen LogP contribution is 2.36. The van der Waals surface area contributed by atoms with Gasteiger partial charge in [-0.2, -0.15) is 0 Å². The van der Waals surface area contributed by atoms with Gasteiger partial charge in [0.25, 0.3) is 5.91 Å². The monoisotopic (exact) mass is 279 g/mol. The molecule has 1 N–H and O–H groups in total.